The van der Waals surface area contributed by atoms with E-state index in [0.717, 1.165) is 12.8 Å². The molecule has 0 spiro atoms. The summed E-state index contributed by atoms with van der Waals surface area (Å²) in [6.45, 7) is 13.1. The van der Waals surface area contributed by atoms with Crippen molar-refractivity contribution in [2.75, 3.05) is 0 Å². The average molecular weight is 521 g/mol. The van der Waals surface area contributed by atoms with Gasteiger partial charge in [-0.15, -0.1) is 92.9 Å². The molecular formula is C28H38Cl2SiTi-4. The van der Waals surface area contributed by atoms with Gasteiger partial charge in [0.1, 0.15) is 0 Å². The zero-order valence-corrected chi connectivity index (χ0v) is 25.0. The molecule has 0 amide bonds. The van der Waals surface area contributed by atoms with Crippen molar-refractivity contribution in [1.29, 1.82) is 0 Å². The van der Waals surface area contributed by atoms with Crippen LogP contribution in [-0.2, 0) is 32.0 Å². The van der Waals surface area contributed by atoms with Gasteiger partial charge in [-0.3, -0.25) is 0 Å². The van der Waals surface area contributed by atoms with Crippen molar-refractivity contribution in [2.45, 2.75) is 54.4 Å². The molecule has 0 aliphatic heterocycles. The molecule has 0 aliphatic carbocycles. The number of rotatable bonds is 2. The number of halogens is 2. The first kappa shape index (κ1) is 35.8. The molecule has 0 heterocycles. The first-order chi connectivity index (χ1) is 13.4. The van der Waals surface area contributed by atoms with E-state index in [1.807, 2.05) is 0 Å². The van der Waals surface area contributed by atoms with Gasteiger partial charge in [-0.1, -0.05) is 51.0 Å². The molecule has 32 heavy (non-hydrogen) atoms. The van der Waals surface area contributed by atoms with E-state index in [2.05, 4.69) is 97.7 Å². The van der Waals surface area contributed by atoms with Crippen molar-refractivity contribution < 1.29 is 19.2 Å². The van der Waals surface area contributed by atoms with Crippen LogP contribution in [0.2, 0.25) is 0 Å². The second-order valence-electron chi connectivity index (χ2n) is 7.49. The van der Waals surface area contributed by atoms with E-state index in [9.17, 15) is 0 Å². The summed E-state index contributed by atoms with van der Waals surface area (Å²) in [6.07, 6.45) is 2.26. The molecule has 0 aromatic heterocycles. The number of hydrogen-bond donors (Lipinski definition) is 0. The van der Waals surface area contributed by atoms with Crippen LogP contribution in [0.3, 0.4) is 0 Å². The summed E-state index contributed by atoms with van der Waals surface area (Å²) < 4.78 is 0. The standard InChI is InChI=1S/2C13H15.2CH3.2ClH.Si.Ti/c2*1-4-11-7-12-9(2)5-6-10(3)13(12)8-11;;;;;;/h2*5-8H,4H2,1-3H3;2*1H3;2*1H;;/q4*-1;;;;. The quantitative estimate of drug-likeness (QED) is 0.183. The molecule has 4 aromatic carbocycles. The summed E-state index contributed by atoms with van der Waals surface area (Å²) in [5.74, 6) is 0. The number of hydrogen-bond acceptors (Lipinski definition) is 0. The van der Waals surface area contributed by atoms with Gasteiger partial charge < -0.3 is 14.9 Å². The molecule has 4 heteroatoms. The Labute approximate surface area is 223 Å². The van der Waals surface area contributed by atoms with Gasteiger partial charge in [-0.05, 0) is 26.7 Å². The van der Waals surface area contributed by atoms with E-state index in [1.165, 1.54) is 54.9 Å². The van der Waals surface area contributed by atoms with Crippen LogP contribution in [0.25, 0.3) is 21.5 Å². The fraction of sp³-hybridized carbons (Fsp3) is 0.286. The van der Waals surface area contributed by atoms with E-state index in [1.54, 1.807) is 19.2 Å². The zero-order valence-electron chi connectivity index (χ0n) is 20.8. The van der Waals surface area contributed by atoms with Crippen molar-refractivity contribution in [2.24, 2.45) is 0 Å². The number of benzene rings is 2. The molecule has 2 radical (unpaired) electrons. The van der Waals surface area contributed by atoms with Gasteiger partial charge in [0.2, 0.25) is 0 Å². The van der Waals surface area contributed by atoms with E-state index < -0.39 is 0 Å². The second kappa shape index (κ2) is 16.7. The topological polar surface area (TPSA) is 0 Å². The van der Waals surface area contributed by atoms with Gasteiger partial charge in [0.15, 0.2) is 0 Å². The predicted molar refractivity (Wildman–Crippen MR) is 150 cm³/mol. The Morgan fingerprint density at radius 2 is 0.906 bits per heavy atom. The minimum atomic E-state index is 0. The fourth-order valence-corrected chi connectivity index (χ4v) is 3.71. The third-order valence-corrected chi connectivity index (χ3v) is 5.58. The van der Waals surface area contributed by atoms with Crippen LogP contribution in [0.5, 0.6) is 0 Å². The molecule has 0 unspecified atom stereocenters. The number of aryl methyl sites for hydroxylation is 6. The van der Waals surface area contributed by atoms with Crippen LogP contribution in [0, 0.1) is 42.5 Å². The molecule has 4 rings (SSSR count). The summed E-state index contributed by atoms with van der Waals surface area (Å²) in [4.78, 5) is 0. The van der Waals surface area contributed by atoms with E-state index in [-0.39, 0.29) is 39.7 Å². The maximum atomic E-state index is 2.97. The molecule has 4 aromatic rings. The van der Waals surface area contributed by atoms with Crippen LogP contribution < -0.4 is 0 Å². The summed E-state index contributed by atoms with van der Waals surface area (Å²) in [5.41, 5.74) is 8.46. The monoisotopic (exact) mass is 520 g/mol. The Bertz CT molecular complexity index is 912. The average Bonchev–Trinajstić information content (AvgIpc) is 3.35. The Hall–Kier alpha value is -0.829. The first-order valence-electron chi connectivity index (χ1n) is 10.0. The fourth-order valence-electron chi connectivity index (χ4n) is 3.71. The van der Waals surface area contributed by atoms with Gasteiger partial charge in [-0.25, -0.2) is 0 Å². The summed E-state index contributed by atoms with van der Waals surface area (Å²) >= 11 is 1.81. The minimum absolute atomic E-state index is 0. The van der Waals surface area contributed by atoms with E-state index in [4.69, 9.17) is 0 Å². The molecule has 0 saturated heterocycles. The van der Waals surface area contributed by atoms with Crippen molar-refractivity contribution in [3.8, 4) is 0 Å². The molecule has 0 saturated carbocycles. The van der Waals surface area contributed by atoms with Crippen molar-refractivity contribution in [1.82, 2.24) is 0 Å². The molecular weight excluding hydrogens is 483 g/mol. The number of fused-ring (bicyclic) bond motifs is 2. The first-order valence-corrected chi connectivity index (χ1v) is 12.8. The molecule has 0 bridgehead atoms. The van der Waals surface area contributed by atoms with Gasteiger partial charge in [0, 0.05) is 0 Å². The molecule has 0 N–H and O–H groups in total. The summed E-state index contributed by atoms with van der Waals surface area (Å²) in [7, 11) is 2.97. The predicted octanol–water partition coefficient (Wildman–Crippen LogP) is 8.84. The van der Waals surface area contributed by atoms with Gasteiger partial charge >= 0.3 is 26.8 Å². The normalized spacial score (nSPS) is 9.03. The van der Waals surface area contributed by atoms with E-state index >= 15 is 0 Å². The maximum absolute atomic E-state index is 2.97. The Balaban J connectivity index is -0.000000437. The van der Waals surface area contributed by atoms with E-state index in [0.29, 0.717) is 0 Å². The Morgan fingerprint density at radius 1 is 0.625 bits per heavy atom. The third kappa shape index (κ3) is 8.19. The van der Waals surface area contributed by atoms with Crippen molar-refractivity contribution in [3.63, 3.8) is 0 Å². The van der Waals surface area contributed by atoms with Crippen LogP contribution >= 0.6 is 24.8 Å². The Kier molecular flexibility index (Phi) is 18.7. The molecule has 0 aliphatic rings. The summed E-state index contributed by atoms with van der Waals surface area (Å²) in [5, 5.41) is 5.71. The summed E-state index contributed by atoms with van der Waals surface area (Å²) in [6, 6.07) is 18.1. The molecule has 176 valence electrons. The zero-order chi connectivity index (χ0) is 20.8. The third-order valence-electron chi connectivity index (χ3n) is 5.58. The second-order valence-corrected chi connectivity index (χ2v) is 7.49. The van der Waals surface area contributed by atoms with Crippen LogP contribution in [0.15, 0.2) is 48.5 Å². The van der Waals surface area contributed by atoms with Crippen molar-refractivity contribution in [3.05, 3.63) is 96.8 Å². The SMILES string of the molecule is CCc1cc2c(C)ccc(C)c2[cH-]1.CCc1cc2c(C)ccc(C)c2[cH-]1.Cl.Cl.[CH3-].[CH3-].[Si]=[Ti]. The van der Waals surface area contributed by atoms with Gasteiger partial charge in [0.05, 0.1) is 0 Å². The van der Waals surface area contributed by atoms with Crippen molar-refractivity contribution >= 4 is 54.0 Å². The Morgan fingerprint density at radius 3 is 1.16 bits per heavy atom. The van der Waals surface area contributed by atoms with Crippen LogP contribution in [0.4, 0.5) is 0 Å². The van der Waals surface area contributed by atoms with Gasteiger partial charge in [-0.2, -0.15) is 12.1 Å². The molecule has 0 nitrogen and oxygen atoms in total. The van der Waals surface area contributed by atoms with Crippen LogP contribution in [0.1, 0.15) is 47.2 Å². The molecule has 0 fully saturated rings. The molecule has 0 atom stereocenters. The van der Waals surface area contributed by atoms with Crippen LogP contribution in [-0.4, -0.2) is 7.63 Å². The van der Waals surface area contributed by atoms with Gasteiger partial charge in [0.25, 0.3) is 0 Å².